The Morgan fingerprint density at radius 2 is 1.62 bits per heavy atom. The maximum Gasteiger partial charge on any atom is 0.269 e. The zero-order valence-electron chi connectivity index (χ0n) is 6.19. The molecule has 0 radical (unpaired) electrons. The predicted octanol–water partition coefficient (Wildman–Crippen LogP) is 2.77. The average molecular weight is 189 g/mol. The summed E-state index contributed by atoms with van der Waals surface area (Å²) in [6, 6.07) is 2.60. The Bertz CT molecular complexity index is 344. The van der Waals surface area contributed by atoms with Gasteiger partial charge in [-0.1, -0.05) is 0 Å². The van der Waals surface area contributed by atoms with Gasteiger partial charge in [0.25, 0.3) is 6.43 Å². The van der Waals surface area contributed by atoms with E-state index in [9.17, 15) is 17.6 Å². The van der Waals surface area contributed by atoms with E-state index in [1.807, 2.05) is 0 Å². The summed E-state index contributed by atoms with van der Waals surface area (Å²) in [6.45, 7) is 0. The first-order chi connectivity index (χ1) is 6.06. The van der Waals surface area contributed by atoms with Gasteiger partial charge in [-0.05, 0) is 12.1 Å². The minimum atomic E-state index is -3.22. The largest absolute Gasteiger partial charge is 0.269 e. The van der Waals surface area contributed by atoms with Crippen molar-refractivity contribution in [3.05, 3.63) is 34.9 Å². The Morgan fingerprint density at radius 1 is 1.15 bits per heavy atom. The van der Waals surface area contributed by atoms with Crippen molar-refractivity contribution in [1.82, 2.24) is 0 Å². The Labute approximate surface area is 71.2 Å². The van der Waals surface area contributed by atoms with E-state index in [0.29, 0.717) is 12.1 Å². The molecule has 1 rings (SSSR count). The molecule has 1 aromatic carbocycles. The number of hydrogen-bond donors (Lipinski definition) is 0. The lowest BCUT2D eigenvalue weighted by Crippen LogP contribution is -1.97. The second-order valence-corrected chi connectivity index (χ2v) is 2.27. The minimum absolute atomic E-state index is 0.320. The minimum Gasteiger partial charge on any atom is -0.206 e. The zero-order chi connectivity index (χ0) is 10.0. The van der Waals surface area contributed by atoms with E-state index in [2.05, 4.69) is 0 Å². The number of halogens is 4. The smallest absolute Gasteiger partial charge is 0.206 e. The fraction of sp³-hybridized carbons (Fsp3) is 0.125. The summed E-state index contributed by atoms with van der Waals surface area (Å²) in [5.41, 5.74) is -1.61. The van der Waals surface area contributed by atoms with Crippen molar-refractivity contribution >= 4 is 0 Å². The molecule has 1 nitrogen and oxygen atoms in total. The topological polar surface area (TPSA) is 23.8 Å². The molecule has 0 unspecified atom stereocenters. The van der Waals surface area contributed by atoms with Crippen LogP contribution in [0, 0.1) is 23.0 Å². The van der Waals surface area contributed by atoms with Gasteiger partial charge in [-0.15, -0.1) is 0 Å². The van der Waals surface area contributed by atoms with Gasteiger partial charge in [-0.2, -0.15) is 5.26 Å². The quantitative estimate of drug-likeness (QED) is 0.623. The summed E-state index contributed by atoms with van der Waals surface area (Å²) in [7, 11) is 0. The molecule has 0 aliphatic carbocycles. The fourth-order valence-corrected chi connectivity index (χ4v) is 0.857. The maximum absolute atomic E-state index is 12.7. The molecule has 0 aromatic heterocycles. The van der Waals surface area contributed by atoms with E-state index in [1.54, 1.807) is 0 Å². The lowest BCUT2D eigenvalue weighted by atomic mass is 10.1. The van der Waals surface area contributed by atoms with Gasteiger partial charge in [0, 0.05) is 0 Å². The molecule has 5 heteroatoms. The number of benzene rings is 1. The van der Waals surface area contributed by atoms with Crippen LogP contribution < -0.4 is 0 Å². The summed E-state index contributed by atoms with van der Waals surface area (Å²) in [5, 5.41) is 8.25. The van der Waals surface area contributed by atoms with Crippen LogP contribution in [0.3, 0.4) is 0 Å². The average Bonchev–Trinajstić information content (AvgIpc) is 2.02. The van der Waals surface area contributed by atoms with Gasteiger partial charge in [0.2, 0.25) is 0 Å². The standard InChI is InChI=1S/C8H3F4N/c9-5-1-4(3-13)2-6(10)7(5)8(11)12/h1-2,8H. The first kappa shape index (κ1) is 9.52. The van der Waals surface area contributed by atoms with E-state index in [0.717, 1.165) is 0 Å². The summed E-state index contributed by atoms with van der Waals surface area (Å²) in [5.74, 6) is -2.79. The summed E-state index contributed by atoms with van der Waals surface area (Å²) >= 11 is 0. The second kappa shape index (κ2) is 3.44. The van der Waals surface area contributed by atoms with Crippen LogP contribution in [0.25, 0.3) is 0 Å². The van der Waals surface area contributed by atoms with Crippen molar-refractivity contribution in [2.75, 3.05) is 0 Å². The Kier molecular flexibility index (Phi) is 2.52. The molecule has 0 aliphatic rings. The summed E-state index contributed by atoms with van der Waals surface area (Å²) in [4.78, 5) is 0. The summed E-state index contributed by atoms with van der Waals surface area (Å²) < 4.78 is 49.3. The number of nitrogens with zero attached hydrogens (tertiary/aromatic N) is 1. The molecule has 13 heavy (non-hydrogen) atoms. The van der Waals surface area contributed by atoms with Crippen molar-refractivity contribution in [3.63, 3.8) is 0 Å². The number of hydrogen-bond acceptors (Lipinski definition) is 1. The van der Waals surface area contributed by atoms with Crippen molar-refractivity contribution in [3.8, 4) is 6.07 Å². The molecule has 0 fully saturated rings. The van der Waals surface area contributed by atoms with Crippen LogP contribution in [0.5, 0.6) is 0 Å². The number of nitriles is 1. The molecule has 0 saturated heterocycles. The van der Waals surface area contributed by atoms with E-state index in [4.69, 9.17) is 5.26 Å². The molecule has 0 spiro atoms. The van der Waals surface area contributed by atoms with Crippen LogP contribution >= 0.6 is 0 Å². The molecular formula is C8H3F4N. The second-order valence-electron chi connectivity index (χ2n) is 2.27. The molecule has 68 valence electrons. The first-order valence-electron chi connectivity index (χ1n) is 3.23. The van der Waals surface area contributed by atoms with E-state index in [1.165, 1.54) is 6.07 Å². The van der Waals surface area contributed by atoms with Crippen LogP contribution in [0.15, 0.2) is 12.1 Å². The molecule has 0 aliphatic heterocycles. The third kappa shape index (κ3) is 1.78. The van der Waals surface area contributed by atoms with Crippen molar-refractivity contribution in [2.45, 2.75) is 6.43 Å². The lowest BCUT2D eigenvalue weighted by Gasteiger charge is -2.02. The highest BCUT2D eigenvalue weighted by atomic mass is 19.3. The molecule has 0 bridgehead atoms. The Morgan fingerprint density at radius 3 is 1.92 bits per heavy atom. The summed E-state index contributed by atoms with van der Waals surface area (Å²) in [6.07, 6.45) is -3.22. The van der Waals surface area contributed by atoms with Crippen LogP contribution in [-0.2, 0) is 0 Å². The van der Waals surface area contributed by atoms with E-state index < -0.39 is 23.6 Å². The normalized spacial score (nSPS) is 10.2. The van der Waals surface area contributed by atoms with Crippen LogP contribution in [0.4, 0.5) is 17.6 Å². The first-order valence-corrected chi connectivity index (χ1v) is 3.23. The Hall–Kier alpha value is -1.57. The van der Waals surface area contributed by atoms with Gasteiger partial charge in [-0.25, -0.2) is 17.6 Å². The van der Waals surface area contributed by atoms with E-state index in [-0.39, 0.29) is 5.56 Å². The van der Waals surface area contributed by atoms with Crippen LogP contribution in [0.1, 0.15) is 17.6 Å². The van der Waals surface area contributed by atoms with Gasteiger partial charge in [0.1, 0.15) is 11.6 Å². The van der Waals surface area contributed by atoms with E-state index >= 15 is 0 Å². The monoisotopic (exact) mass is 189 g/mol. The van der Waals surface area contributed by atoms with Crippen molar-refractivity contribution in [1.29, 1.82) is 5.26 Å². The molecule has 0 saturated carbocycles. The van der Waals surface area contributed by atoms with Crippen molar-refractivity contribution in [2.24, 2.45) is 0 Å². The van der Waals surface area contributed by atoms with Crippen LogP contribution in [-0.4, -0.2) is 0 Å². The SMILES string of the molecule is N#Cc1cc(F)c(C(F)F)c(F)c1. The fourth-order valence-electron chi connectivity index (χ4n) is 0.857. The molecule has 1 aromatic rings. The lowest BCUT2D eigenvalue weighted by molar-refractivity contribution is 0.141. The molecule has 0 atom stereocenters. The molecule has 0 N–H and O–H groups in total. The number of rotatable bonds is 1. The van der Waals surface area contributed by atoms with Gasteiger partial charge in [0.15, 0.2) is 0 Å². The van der Waals surface area contributed by atoms with Gasteiger partial charge < -0.3 is 0 Å². The van der Waals surface area contributed by atoms with Crippen LogP contribution in [0.2, 0.25) is 0 Å². The molecule has 0 amide bonds. The van der Waals surface area contributed by atoms with Gasteiger partial charge in [0.05, 0.1) is 17.2 Å². The van der Waals surface area contributed by atoms with Gasteiger partial charge >= 0.3 is 0 Å². The highest BCUT2D eigenvalue weighted by molar-refractivity contribution is 5.34. The molecular weight excluding hydrogens is 186 g/mol. The van der Waals surface area contributed by atoms with Crippen molar-refractivity contribution < 1.29 is 17.6 Å². The van der Waals surface area contributed by atoms with Gasteiger partial charge in [-0.3, -0.25) is 0 Å². The highest BCUT2D eigenvalue weighted by Gasteiger charge is 2.19. The third-order valence-corrected chi connectivity index (χ3v) is 1.43. The third-order valence-electron chi connectivity index (χ3n) is 1.43. The maximum atomic E-state index is 12.7. The number of alkyl halides is 2. The zero-order valence-corrected chi connectivity index (χ0v) is 6.19. The highest BCUT2D eigenvalue weighted by Crippen LogP contribution is 2.25. The predicted molar refractivity (Wildman–Crippen MR) is 36.0 cm³/mol. The Balaban J connectivity index is 3.33. The molecule has 0 heterocycles.